The second kappa shape index (κ2) is 7.07. The number of rotatable bonds is 4. The average Bonchev–Trinajstić information content (AvgIpc) is 3.30. The number of aryl methyl sites for hydroxylation is 2. The molecule has 2 aromatic heterocycles. The Morgan fingerprint density at radius 1 is 1.07 bits per heavy atom. The largest absolute Gasteiger partial charge is 0.339 e. The quantitative estimate of drug-likeness (QED) is 0.582. The Morgan fingerprint density at radius 2 is 1.79 bits per heavy atom. The normalized spacial score (nSPS) is 10.8. The Labute approximate surface area is 159 Å². The lowest BCUT2D eigenvalue weighted by molar-refractivity contribution is 0.102. The molecule has 140 valence electrons. The summed E-state index contributed by atoms with van der Waals surface area (Å²) in [6.45, 7) is 3.49. The molecule has 4 aromatic rings. The van der Waals surface area contributed by atoms with Gasteiger partial charge < -0.3 is 9.84 Å². The molecule has 0 unspecified atom stereocenters. The van der Waals surface area contributed by atoms with Gasteiger partial charge in [-0.25, -0.2) is 9.07 Å². The summed E-state index contributed by atoms with van der Waals surface area (Å²) in [5.74, 6) is 0.342. The number of hydrogen-bond acceptors (Lipinski definition) is 5. The van der Waals surface area contributed by atoms with Crippen molar-refractivity contribution >= 4 is 11.6 Å². The maximum atomic E-state index is 13.0. The highest BCUT2D eigenvalue weighted by atomic mass is 19.1. The van der Waals surface area contributed by atoms with Gasteiger partial charge in [-0.15, -0.1) is 0 Å². The van der Waals surface area contributed by atoms with Crippen LogP contribution in [0.1, 0.15) is 21.9 Å². The first-order valence-corrected chi connectivity index (χ1v) is 8.54. The predicted octanol–water partition coefficient (Wildman–Crippen LogP) is 3.93. The Bertz CT molecular complexity index is 1130. The highest BCUT2D eigenvalue weighted by Gasteiger charge is 2.15. The number of benzene rings is 2. The van der Waals surface area contributed by atoms with Gasteiger partial charge in [0.05, 0.1) is 16.9 Å². The van der Waals surface area contributed by atoms with Crippen LogP contribution in [0.3, 0.4) is 0 Å². The second-order valence-corrected chi connectivity index (χ2v) is 6.22. The number of nitrogens with zero attached hydrogens (tertiary/aromatic N) is 4. The van der Waals surface area contributed by atoms with Crippen molar-refractivity contribution in [3.63, 3.8) is 0 Å². The second-order valence-electron chi connectivity index (χ2n) is 6.22. The highest BCUT2D eigenvalue weighted by molar-refractivity contribution is 6.04. The van der Waals surface area contributed by atoms with Crippen molar-refractivity contribution in [3.05, 3.63) is 77.7 Å². The molecule has 4 rings (SSSR count). The smallest absolute Gasteiger partial charge is 0.259 e. The maximum Gasteiger partial charge on any atom is 0.259 e. The van der Waals surface area contributed by atoms with Gasteiger partial charge >= 0.3 is 0 Å². The van der Waals surface area contributed by atoms with E-state index in [1.807, 2.05) is 24.3 Å². The van der Waals surface area contributed by atoms with Crippen LogP contribution in [0.25, 0.3) is 17.1 Å². The summed E-state index contributed by atoms with van der Waals surface area (Å²) in [5.41, 5.74) is 3.13. The summed E-state index contributed by atoms with van der Waals surface area (Å²) in [6, 6.07) is 13.0. The van der Waals surface area contributed by atoms with Gasteiger partial charge in [-0.1, -0.05) is 5.16 Å². The van der Waals surface area contributed by atoms with Gasteiger partial charge in [0, 0.05) is 24.4 Å². The number of halogens is 1. The summed E-state index contributed by atoms with van der Waals surface area (Å²) < 4.78 is 19.6. The van der Waals surface area contributed by atoms with E-state index < -0.39 is 0 Å². The molecule has 0 radical (unpaired) electrons. The molecular weight excluding hydrogens is 361 g/mol. The summed E-state index contributed by atoms with van der Waals surface area (Å²) >= 11 is 0. The lowest BCUT2D eigenvalue weighted by Gasteiger charge is -2.04. The molecule has 0 bridgehead atoms. The third-order valence-electron chi connectivity index (χ3n) is 4.16. The zero-order valence-electron chi connectivity index (χ0n) is 15.2. The number of amides is 1. The fraction of sp³-hybridized carbons (Fsp3) is 0.100. The molecule has 0 aliphatic carbocycles. The van der Waals surface area contributed by atoms with E-state index in [0.29, 0.717) is 28.7 Å². The van der Waals surface area contributed by atoms with Gasteiger partial charge in [-0.05, 0) is 55.5 Å². The Morgan fingerprint density at radius 3 is 2.43 bits per heavy atom. The van der Waals surface area contributed by atoms with Crippen LogP contribution >= 0.6 is 0 Å². The summed E-state index contributed by atoms with van der Waals surface area (Å²) in [6.07, 6.45) is 1.65. The first-order chi connectivity index (χ1) is 13.5. The summed E-state index contributed by atoms with van der Waals surface area (Å²) in [5, 5.41) is 11.0. The van der Waals surface area contributed by atoms with E-state index >= 15 is 0 Å². The zero-order chi connectivity index (χ0) is 19.7. The molecular formula is C20H16FN5O2. The highest BCUT2D eigenvalue weighted by Crippen LogP contribution is 2.19. The first kappa shape index (κ1) is 17.6. The van der Waals surface area contributed by atoms with E-state index in [4.69, 9.17) is 4.52 Å². The van der Waals surface area contributed by atoms with Crippen molar-refractivity contribution in [2.75, 3.05) is 5.32 Å². The molecule has 1 N–H and O–H groups in total. The molecule has 2 aromatic carbocycles. The minimum atomic E-state index is -0.360. The number of carbonyl (C=O) groups excluding carboxylic acids is 1. The predicted molar refractivity (Wildman–Crippen MR) is 101 cm³/mol. The molecule has 8 heteroatoms. The zero-order valence-corrected chi connectivity index (χ0v) is 15.2. The topological polar surface area (TPSA) is 85.8 Å². The van der Waals surface area contributed by atoms with Gasteiger partial charge in [0.25, 0.3) is 5.91 Å². The van der Waals surface area contributed by atoms with Crippen molar-refractivity contribution < 1.29 is 13.7 Å². The summed E-state index contributed by atoms with van der Waals surface area (Å²) in [4.78, 5) is 16.7. The molecule has 1 amide bonds. The third-order valence-corrected chi connectivity index (χ3v) is 4.16. The minimum absolute atomic E-state index is 0.311. The van der Waals surface area contributed by atoms with Crippen LogP contribution in [-0.2, 0) is 0 Å². The SMILES string of the molecule is Cc1nc(-c2ccc(-n3cc(C(=O)Nc4ccc(F)cc4)c(C)n3)cc2)no1. The monoisotopic (exact) mass is 377 g/mol. The van der Waals surface area contributed by atoms with Crippen molar-refractivity contribution in [1.82, 2.24) is 19.9 Å². The third kappa shape index (κ3) is 3.52. The summed E-state index contributed by atoms with van der Waals surface area (Å²) in [7, 11) is 0. The fourth-order valence-corrected chi connectivity index (χ4v) is 2.73. The van der Waals surface area contributed by atoms with Crippen LogP contribution in [0.4, 0.5) is 10.1 Å². The van der Waals surface area contributed by atoms with E-state index in [-0.39, 0.29) is 11.7 Å². The molecule has 0 aliphatic heterocycles. The molecule has 0 saturated heterocycles. The van der Waals surface area contributed by atoms with Crippen molar-refractivity contribution in [3.8, 4) is 17.1 Å². The number of hydrogen-bond donors (Lipinski definition) is 1. The maximum absolute atomic E-state index is 13.0. The van der Waals surface area contributed by atoms with Gasteiger partial charge in [0.1, 0.15) is 5.82 Å². The van der Waals surface area contributed by atoms with Crippen molar-refractivity contribution in [2.45, 2.75) is 13.8 Å². The number of nitrogens with one attached hydrogen (secondary N) is 1. The lowest BCUT2D eigenvalue weighted by atomic mass is 10.2. The van der Waals surface area contributed by atoms with E-state index in [1.54, 1.807) is 24.7 Å². The lowest BCUT2D eigenvalue weighted by Crippen LogP contribution is -2.12. The molecule has 0 atom stereocenters. The molecule has 2 heterocycles. The van der Waals surface area contributed by atoms with Gasteiger partial charge in [-0.2, -0.15) is 10.1 Å². The standard InChI is InChI=1S/C20H16FN5O2/c1-12-18(20(27)23-16-7-5-15(21)6-8-16)11-26(24-12)17-9-3-14(4-10-17)19-22-13(2)28-25-19/h3-11H,1-2H3,(H,23,27). The number of aromatic nitrogens is 4. The number of carbonyl (C=O) groups is 1. The average molecular weight is 377 g/mol. The molecule has 0 aliphatic rings. The van der Waals surface area contributed by atoms with Crippen LogP contribution < -0.4 is 5.32 Å². The van der Waals surface area contributed by atoms with Gasteiger partial charge in [0.15, 0.2) is 0 Å². The molecule has 0 saturated carbocycles. The van der Waals surface area contributed by atoms with Crippen LogP contribution in [-0.4, -0.2) is 25.8 Å². The fourth-order valence-electron chi connectivity index (χ4n) is 2.73. The molecule has 7 nitrogen and oxygen atoms in total. The van der Waals surface area contributed by atoms with Crippen LogP contribution in [0.5, 0.6) is 0 Å². The van der Waals surface area contributed by atoms with E-state index in [0.717, 1.165) is 11.3 Å². The molecule has 0 fully saturated rings. The minimum Gasteiger partial charge on any atom is -0.339 e. The number of anilines is 1. The Balaban J connectivity index is 1.55. The van der Waals surface area contributed by atoms with Crippen LogP contribution in [0, 0.1) is 19.7 Å². The van der Waals surface area contributed by atoms with Crippen molar-refractivity contribution in [1.29, 1.82) is 0 Å². The van der Waals surface area contributed by atoms with E-state index in [2.05, 4.69) is 20.6 Å². The van der Waals surface area contributed by atoms with Crippen LogP contribution in [0.2, 0.25) is 0 Å². The van der Waals surface area contributed by atoms with Crippen molar-refractivity contribution in [2.24, 2.45) is 0 Å². The Kier molecular flexibility index (Phi) is 4.44. The van der Waals surface area contributed by atoms with Gasteiger partial charge in [0.2, 0.25) is 11.7 Å². The molecule has 0 spiro atoms. The van der Waals surface area contributed by atoms with Crippen LogP contribution in [0.15, 0.2) is 59.3 Å². The van der Waals surface area contributed by atoms with E-state index in [9.17, 15) is 9.18 Å². The van der Waals surface area contributed by atoms with Gasteiger partial charge in [-0.3, -0.25) is 4.79 Å². The first-order valence-electron chi connectivity index (χ1n) is 8.54. The van der Waals surface area contributed by atoms with E-state index in [1.165, 1.54) is 24.3 Å². The Hall–Kier alpha value is -3.81. The molecule has 28 heavy (non-hydrogen) atoms.